The molecule has 0 radical (unpaired) electrons. The van der Waals surface area contributed by atoms with Crippen LogP contribution in [-0.4, -0.2) is 17.0 Å². The largest absolute Gasteiger partial charge is 0.478 e. The maximum Gasteiger partial charge on any atom is 0.335 e. The van der Waals surface area contributed by atoms with E-state index in [1.807, 2.05) is 0 Å². The Bertz CT molecular complexity index is 551. The van der Waals surface area contributed by atoms with E-state index < -0.39 is 11.9 Å². The van der Waals surface area contributed by atoms with Crippen molar-refractivity contribution in [3.63, 3.8) is 0 Å². The molecule has 0 fully saturated rings. The Morgan fingerprint density at radius 1 is 0.842 bits per heavy atom. The van der Waals surface area contributed by atoms with E-state index in [1.165, 1.54) is 0 Å². The Morgan fingerprint density at radius 3 is 1.74 bits per heavy atom. The Morgan fingerprint density at radius 2 is 1.37 bits per heavy atom. The fourth-order valence-corrected chi connectivity index (χ4v) is 1.23. The minimum Gasteiger partial charge on any atom is -0.478 e. The van der Waals surface area contributed by atoms with E-state index in [0.717, 1.165) is 0 Å². The predicted octanol–water partition coefficient (Wildman–Crippen LogP) is 1.75. The first-order chi connectivity index (χ1) is 9.00. The van der Waals surface area contributed by atoms with Gasteiger partial charge >= 0.3 is 5.97 Å². The van der Waals surface area contributed by atoms with Gasteiger partial charge < -0.3 is 16.6 Å². The number of anilines is 1. The zero-order chi connectivity index (χ0) is 14.3. The molecule has 0 unspecified atom stereocenters. The lowest BCUT2D eigenvalue weighted by Crippen LogP contribution is -2.10. The fraction of sp³-hybridized carbons (Fsp3) is 0. The van der Waals surface area contributed by atoms with Crippen molar-refractivity contribution in [3.05, 3.63) is 65.7 Å². The number of nitrogen functional groups attached to an aromatic ring is 1. The highest BCUT2D eigenvalue weighted by Crippen LogP contribution is 2.03. The number of amides is 1. The molecule has 0 aliphatic carbocycles. The molecule has 2 aromatic carbocycles. The Balaban J connectivity index is 0.000000191. The van der Waals surface area contributed by atoms with Crippen molar-refractivity contribution in [1.82, 2.24) is 0 Å². The number of hydrogen-bond acceptors (Lipinski definition) is 3. The van der Waals surface area contributed by atoms with Crippen LogP contribution in [0.5, 0.6) is 0 Å². The number of nitrogens with two attached hydrogens (primary N) is 2. The normalized spacial score (nSPS) is 9.05. The molecule has 0 heterocycles. The zero-order valence-corrected chi connectivity index (χ0v) is 10.1. The minimum atomic E-state index is -0.879. The Hall–Kier alpha value is -2.82. The van der Waals surface area contributed by atoms with Crippen molar-refractivity contribution >= 4 is 17.6 Å². The van der Waals surface area contributed by atoms with E-state index in [4.69, 9.17) is 16.6 Å². The van der Waals surface area contributed by atoms with Gasteiger partial charge in [-0.2, -0.15) is 0 Å². The number of carbonyl (C=O) groups is 2. The predicted molar refractivity (Wildman–Crippen MR) is 72.8 cm³/mol. The summed E-state index contributed by atoms with van der Waals surface area (Å²) in [7, 11) is 0. The maximum atomic E-state index is 10.5. The topological polar surface area (TPSA) is 106 Å². The van der Waals surface area contributed by atoms with Crippen LogP contribution in [0.15, 0.2) is 54.6 Å². The minimum absolute atomic E-state index is 0.331. The van der Waals surface area contributed by atoms with E-state index in [1.54, 1.807) is 54.6 Å². The second-order valence-corrected chi connectivity index (χ2v) is 3.66. The monoisotopic (exact) mass is 258 g/mol. The third-order valence-corrected chi connectivity index (χ3v) is 2.22. The Kier molecular flexibility index (Phi) is 5.10. The highest BCUT2D eigenvalue weighted by molar-refractivity contribution is 5.93. The van der Waals surface area contributed by atoms with Gasteiger partial charge in [0.05, 0.1) is 5.56 Å². The lowest BCUT2D eigenvalue weighted by molar-refractivity contribution is 0.0696. The molecule has 5 heteroatoms. The molecule has 0 bridgehead atoms. The van der Waals surface area contributed by atoms with Gasteiger partial charge in [-0.05, 0) is 36.4 Å². The highest BCUT2D eigenvalue weighted by Gasteiger charge is 1.97. The third kappa shape index (κ3) is 4.91. The Labute approximate surface area is 110 Å². The van der Waals surface area contributed by atoms with Gasteiger partial charge in [-0.25, -0.2) is 4.79 Å². The van der Waals surface area contributed by atoms with Crippen LogP contribution in [0.25, 0.3) is 0 Å². The molecule has 0 aromatic heterocycles. The molecule has 2 rings (SSSR count). The van der Waals surface area contributed by atoms with Crippen LogP contribution in [-0.2, 0) is 0 Å². The number of carboxylic acid groups (broad SMARTS) is 1. The van der Waals surface area contributed by atoms with Crippen molar-refractivity contribution in [3.8, 4) is 0 Å². The molecule has 98 valence electrons. The van der Waals surface area contributed by atoms with Crippen molar-refractivity contribution in [2.24, 2.45) is 5.73 Å². The molecule has 0 aliphatic rings. The average molecular weight is 258 g/mol. The van der Waals surface area contributed by atoms with Gasteiger partial charge in [0.1, 0.15) is 0 Å². The number of aromatic carboxylic acids is 1. The van der Waals surface area contributed by atoms with Gasteiger partial charge in [-0.15, -0.1) is 0 Å². The van der Waals surface area contributed by atoms with Gasteiger partial charge in [-0.1, -0.05) is 18.2 Å². The summed E-state index contributed by atoms with van der Waals surface area (Å²) in [5.41, 5.74) is 11.8. The number of rotatable bonds is 2. The maximum absolute atomic E-state index is 10.5. The molecule has 0 aliphatic heterocycles. The van der Waals surface area contributed by atoms with Gasteiger partial charge in [0, 0.05) is 11.3 Å². The molecule has 5 nitrogen and oxygen atoms in total. The van der Waals surface area contributed by atoms with Crippen LogP contribution in [0.4, 0.5) is 5.69 Å². The first-order valence-corrected chi connectivity index (χ1v) is 5.44. The number of carboxylic acids is 1. The van der Waals surface area contributed by atoms with Gasteiger partial charge in [0.2, 0.25) is 5.91 Å². The van der Waals surface area contributed by atoms with Crippen molar-refractivity contribution < 1.29 is 14.7 Å². The van der Waals surface area contributed by atoms with Crippen LogP contribution in [0.2, 0.25) is 0 Å². The lowest BCUT2D eigenvalue weighted by Gasteiger charge is -1.93. The third-order valence-electron chi connectivity index (χ3n) is 2.22. The zero-order valence-electron chi connectivity index (χ0n) is 10.1. The van der Waals surface area contributed by atoms with Crippen molar-refractivity contribution in [2.75, 3.05) is 5.73 Å². The molecular formula is C14H14N2O3. The van der Waals surface area contributed by atoms with Gasteiger partial charge in [0.25, 0.3) is 0 Å². The summed E-state index contributed by atoms with van der Waals surface area (Å²) >= 11 is 0. The summed E-state index contributed by atoms with van der Waals surface area (Å²) in [5, 5.41) is 8.38. The summed E-state index contributed by atoms with van der Waals surface area (Å²) < 4.78 is 0. The summed E-state index contributed by atoms with van der Waals surface area (Å²) in [6, 6.07) is 14.8. The number of primary amides is 1. The van der Waals surface area contributed by atoms with Crippen molar-refractivity contribution in [2.45, 2.75) is 0 Å². The molecule has 1 amide bonds. The first kappa shape index (κ1) is 14.2. The molecule has 0 saturated carbocycles. The quantitative estimate of drug-likeness (QED) is 0.713. The van der Waals surface area contributed by atoms with E-state index in [9.17, 15) is 9.59 Å². The molecule has 19 heavy (non-hydrogen) atoms. The van der Waals surface area contributed by atoms with Gasteiger partial charge in [-0.3, -0.25) is 4.79 Å². The number of hydrogen-bond donors (Lipinski definition) is 3. The van der Waals surface area contributed by atoms with Crippen LogP contribution in [0.3, 0.4) is 0 Å². The van der Waals surface area contributed by atoms with Crippen LogP contribution in [0.1, 0.15) is 20.7 Å². The average Bonchev–Trinajstić information content (AvgIpc) is 2.41. The summed E-state index contributed by atoms with van der Waals surface area (Å²) in [6.07, 6.45) is 0. The van der Waals surface area contributed by atoms with Crippen LogP contribution in [0, 0.1) is 0 Å². The second-order valence-electron chi connectivity index (χ2n) is 3.66. The fourth-order valence-electron chi connectivity index (χ4n) is 1.23. The number of benzene rings is 2. The first-order valence-electron chi connectivity index (χ1n) is 5.44. The molecular weight excluding hydrogens is 244 g/mol. The molecule has 0 atom stereocenters. The summed E-state index contributed by atoms with van der Waals surface area (Å²) in [5.74, 6) is -1.31. The number of carbonyl (C=O) groups excluding carboxylic acids is 1. The standard InChI is InChI=1S/C7H8N2O.C7H6O2/c8-6-3-1-5(2-4-6)7(9)10;8-7(9)6-4-2-1-3-5-6/h1-4H,8H2,(H2,9,10);1-5H,(H,8,9). The van der Waals surface area contributed by atoms with E-state index in [2.05, 4.69) is 0 Å². The second kappa shape index (κ2) is 6.80. The lowest BCUT2D eigenvalue weighted by atomic mass is 10.2. The smallest absolute Gasteiger partial charge is 0.335 e. The summed E-state index contributed by atoms with van der Waals surface area (Å²) in [6.45, 7) is 0. The van der Waals surface area contributed by atoms with Crippen LogP contribution < -0.4 is 11.5 Å². The van der Waals surface area contributed by atoms with E-state index in [0.29, 0.717) is 16.8 Å². The van der Waals surface area contributed by atoms with E-state index in [-0.39, 0.29) is 0 Å². The molecule has 5 N–H and O–H groups in total. The van der Waals surface area contributed by atoms with Crippen molar-refractivity contribution in [1.29, 1.82) is 0 Å². The SMILES string of the molecule is NC(=O)c1ccc(N)cc1.O=C(O)c1ccccc1. The molecule has 2 aromatic rings. The van der Waals surface area contributed by atoms with E-state index >= 15 is 0 Å². The van der Waals surface area contributed by atoms with Gasteiger partial charge in [0.15, 0.2) is 0 Å². The van der Waals surface area contributed by atoms with Crippen LogP contribution >= 0.6 is 0 Å². The molecule has 0 saturated heterocycles. The highest BCUT2D eigenvalue weighted by atomic mass is 16.4. The molecule has 0 spiro atoms. The summed E-state index contributed by atoms with van der Waals surface area (Å²) in [4.78, 5) is 20.7.